The molecule has 2 N–H and O–H groups in total. The Morgan fingerprint density at radius 3 is 2.19 bits per heavy atom. The summed E-state index contributed by atoms with van der Waals surface area (Å²) in [5.41, 5.74) is 8.74. The van der Waals surface area contributed by atoms with Crippen molar-refractivity contribution < 1.29 is 4.74 Å². The molecule has 0 unspecified atom stereocenters. The number of hydrogen-bond donors (Lipinski definition) is 1. The predicted molar refractivity (Wildman–Crippen MR) is 66.4 cm³/mol. The van der Waals surface area contributed by atoms with Gasteiger partial charge < -0.3 is 10.5 Å². The van der Waals surface area contributed by atoms with Gasteiger partial charge in [0.15, 0.2) is 0 Å². The molecule has 82 valence electrons. The second-order valence-corrected chi connectivity index (χ2v) is 3.84. The van der Waals surface area contributed by atoms with Crippen LogP contribution in [0.5, 0.6) is 5.75 Å². The van der Waals surface area contributed by atoms with E-state index in [1.807, 2.05) is 48.5 Å². The molecule has 0 aromatic heterocycles. The van der Waals surface area contributed by atoms with Crippen LogP contribution in [0.2, 0.25) is 0 Å². The Morgan fingerprint density at radius 2 is 1.56 bits per heavy atom. The first kappa shape index (κ1) is 10.6. The molecule has 0 amide bonds. The summed E-state index contributed by atoms with van der Waals surface area (Å²) >= 11 is 0. The van der Waals surface area contributed by atoms with Crippen molar-refractivity contribution in [3.63, 3.8) is 0 Å². The van der Waals surface area contributed by atoms with Crippen molar-refractivity contribution in [2.45, 2.75) is 13.5 Å². The fourth-order valence-corrected chi connectivity index (χ4v) is 1.42. The molecule has 0 radical (unpaired) electrons. The molecular formula is C14H15NO. The zero-order chi connectivity index (χ0) is 11.4. The minimum absolute atomic E-state index is 0.573. The Labute approximate surface area is 95.7 Å². The zero-order valence-electron chi connectivity index (χ0n) is 9.31. The Hall–Kier alpha value is -1.96. The van der Waals surface area contributed by atoms with E-state index in [0.29, 0.717) is 6.61 Å². The van der Waals surface area contributed by atoms with Crippen LogP contribution in [0.25, 0.3) is 0 Å². The third-order valence-corrected chi connectivity index (χ3v) is 2.41. The molecule has 2 aromatic rings. The highest BCUT2D eigenvalue weighted by atomic mass is 16.5. The molecule has 0 aliphatic heterocycles. The predicted octanol–water partition coefficient (Wildman–Crippen LogP) is 3.16. The van der Waals surface area contributed by atoms with Gasteiger partial charge >= 0.3 is 0 Å². The van der Waals surface area contributed by atoms with Crippen molar-refractivity contribution in [2.24, 2.45) is 0 Å². The van der Waals surface area contributed by atoms with Crippen LogP contribution >= 0.6 is 0 Å². The number of benzene rings is 2. The topological polar surface area (TPSA) is 35.2 Å². The maximum absolute atomic E-state index is 5.65. The first-order chi connectivity index (χ1) is 7.74. The summed E-state index contributed by atoms with van der Waals surface area (Å²) in [6, 6.07) is 15.8. The van der Waals surface area contributed by atoms with E-state index in [2.05, 4.69) is 6.92 Å². The number of aryl methyl sites for hydroxylation is 1. The molecule has 2 heteroatoms. The first-order valence-electron chi connectivity index (χ1n) is 5.28. The molecule has 0 heterocycles. The normalized spacial score (nSPS) is 10.1. The molecule has 0 bridgehead atoms. The van der Waals surface area contributed by atoms with Crippen LogP contribution in [-0.2, 0) is 6.61 Å². The van der Waals surface area contributed by atoms with Crippen molar-refractivity contribution in [1.82, 2.24) is 0 Å². The summed E-state index contributed by atoms with van der Waals surface area (Å²) in [4.78, 5) is 0. The highest BCUT2D eigenvalue weighted by Crippen LogP contribution is 2.14. The molecule has 2 rings (SSSR count). The number of hydrogen-bond acceptors (Lipinski definition) is 2. The number of nitrogen functional groups attached to an aromatic ring is 1. The van der Waals surface area contributed by atoms with Crippen molar-refractivity contribution in [3.05, 3.63) is 59.7 Å². The van der Waals surface area contributed by atoms with Gasteiger partial charge in [-0.2, -0.15) is 0 Å². The fraction of sp³-hybridized carbons (Fsp3) is 0.143. The highest BCUT2D eigenvalue weighted by molar-refractivity contribution is 5.39. The zero-order valence-corrected chi connectivity index (χ0v) is 9.31. The number of anilines is 1. The molecule has 2 aromatic carbocycles. The van der Waals surface area contributed by atoms with Gasteiger partial charge in [-0.1, -0.05) is 29.8 Å². The summed E-state index contributed by atoms with van der Waals surface area (Å²) in [5, 5.41) is 0. The van der Waals surface area contributed by atoms with E-state index in [0.717, 1.165) is 17.0 Å². The van der Waals surface area contributed by atoms with Crippen LogP contribution in [0.1, 0.15) is 11.1 Å². The number of nitrogens with two attached hydrogens (primary N) is 1. The molecule has 2 nitrogen and oxygen atoms in total. The molecule has 0 spiro atoms. The quantitative estimate of drug-likeness (QED) is 0.795. The molecule has 16 heavy (non-hydrogen) atoms. The lowest BCUT2D eigenvalue weighted by Gasteiger charge is -2.06. The number of rotatable bonds is 3. The fourth-order valence-electron chi connectivity index (χ4n) is 1.42. The average Bonchev–Trinajstić information content (AvgIpc) is 2.30. The van der Waals surface area contributed by atoms with E-state index in [4.69, 9.17) is 10.5 Å². The van der Waals surface area contributed by atoms with Crippen molar-refractivity contribution >= 4 is 5.69 Å². The summed E-state index contributed by atoms with van der Waals surface area (Å²) < 4.78 is 5.65. The maximum Gasteiger partial charge on any atom is 0.119 e. The lowest BCUT2D eigenvalue weighted by molar-refractivity contribution is 0.306. The van der Waals surface area contributed by atoms with E-state index in [-0.39, 0.29) is 0 Å². The average molecular weight is 213 g/mol. The third kappa shape index (κ3) is 2.76. The van der Waals surface area contributed by atoms with E-state index in [1.54, 1.807) is 0 Å². The number of ether oxygens (including phenoxy) is 1. The Kier molecular flexibility index (Phi) is 3.10. The Morgan fingerprint density at radius 1 is 0.938 bits per heavy atom. The van der Waals surface area contributed by atoms with Gasteiger partial charge in [0.05, 0.1) is 0 Å². The van der Waals surface area contributed by atoms with Gasteiger partial charge in [0.2, 0.25) is 0 Å². The van der Waals surface area contributed by atoms with Crippen LogP contribution in [-0.4, -0.2) is 0 Å². The van der Waals surface area contributed by atoms with Gasteiger partial charge in [-0.15, -0.1) is 0 Å². The van der Waals surface area contributed by atoms with Crippen molar-refractivity contribution in [3.8, 4) is 5.75 Å². The van der Waals surface area contributed by atoms with Crippen LogP contribution in [0, 0.1) is 6.92 Å². The standard InChI is InChI=1S/C14H15NO/c1-11-2-8-14(9-3-11)16-10-12-4-6-13(15)7-5-12/h2-9H,10,15H2,1H3. The smallest absolute Gasteiger partial charge is 0.119 e. The summed E-state index contributed by atoms with van der Waals surface area (Å²) in [6.07, 6.45) is 0. The van der Waals surface area contributed by atoms with Gasteiger partial charge in [0, 0.05) is 5.69 Å². The molecule has 0 fully saturated rings. The van der Waals surface area contributed by atoms with Crippen molar-refractivity contribution in [1.29, 1.82) is 0 Å². The Bertz CT molecular complexity index is 400. The lowest BCUT2D eigenvalue weighted by atomic mass is 10.2. The molecule has 0 aliphatic carbocycles. The minimum Gasteiger partial charge on any atom is -0.489 e. The van der Waals surface area contributed by atoms with Crippen LogP contribution in [0.4, 0.5) is 5.69 Å². The third-order valence-electron chi connectivity index (χ3n) is 2.41. The van der Waals surface area contributed by atoms with Gasteiger partial charge in [0.1, 0.15) is 12.4 Å². The van der Waals surface area contributed by atoms with Crippen molar-refractivity contribution in [2.75, 3.05) is 5.73 Å². The molecular weight excluding hydrogens is 198 g/mol. The van der Waals surface area contributed by atoms with Crippen LogP contribution in [0.15, 0.2) is 48.5 Å². The van der Waals surface area contributed by atoms with Gasteiger partial charge in [-0.25, -0.2) is 0 Å². The summed E-state index contributed by atoms with van der Waals surface area (Å²) in [7, 11) is 0. The molecule has 0 atom stereocenters. The SMILES string of the molecule is Cc1ccc(OCc2ccc(N)cc2)cc1. The monoisotopic (exact) mass is 213 g/mol. The molecule has 0 aliphatic rings. The van der Waals surface area contributed by atoms with E-state index in [9.17, 15) is 0 Å². The van der Waals surface area contributed by atoms with Gasteiger partial charge in [-0.3, -0.25) is 0 Å². The summed E-state index contributed by atoms with van der Waals surface area (Å²) in [6.45, 7) is 2.63. The molecule has 0 saturated carbocycles. The highest BCUT2D eigenvalue weighted by Gasteiger charge is 1.95. The largest absolute Gasteiger partial charge is 0.489 e. The first-order valence-corrected chi connectivity index (χ1v) is 5.28. The van der Waals surface area contributed by atoms with E-state index in [1.165, 1.54) is 5.56 Å². The van der Waals surface area contributed by atoms with Crippen LogP contribution < -0.4 is 10.5 Å². The lowest BCUT2D eigenvalue weighted by Crippen LogP contribution is -1.95. The molecule has 0 saturated heterocycles. The van der Waals surface area contributed by atoms with E-state index >= 15 is 0 Å². The second kappa shape index (κ2) is 4.71. The summed E-state index contributed by atoms with van der Waals surface area (Å²) in [5.74, 6) is 0.891. The van der Waals surface area contributed by atoms with Crippen LogP contribution in [0.3, 0.4) is 0 Å². The van der Waals surface area contributed by atoms with Gasteiger partial charge in [-0.05, 0) is 36.8 Å². The maximum atomic E-state index is 5.65. The Balaban J connectivity index is 1.97. The van der Waals surface area contributed by atoms with E-state index < -0.39 is 0 Å². The second-order valence-electron chi connectivity index (χ2n) is 3.84. The van der Waals surface area contributed by atoms with Gasteiger partial charge in [0.25, 0.3) is 0 Å². The minimum atomic E-state index is 0.573.